The zero-order chi connectivity index (χ0) is 19.6. The van der Waals surface area contributed by atoms with Crippen LogP contribution in [0.5, 0.6) is 11.5 Å². The summed E-state index contributed by atoms with van der Waals surface area (Å²) < 4.78 is 11.4. The Morgan fingerprint density at radius 2 is 1.90 bits per heavy atom. The van der Waals surface area contributed by atoms with Crippen LogP contribution < -0.4 is 9.47 Å². The molecule has 2 aliphatic heterocycles. The Morgan fingerprint density at radius 1 is 1.00 bits per heavy atom. The van der Waals surface area contributed by atoms with Gasteiger partial charge in [0.05, 0.1) is 0 Å². The number of rotatable bonds is 4. The summed E-state index contributed by atoms with van der Waals surface area (Å²) in [6, 6.07) is 17.0. The van der Waals surface area contributed by atoms with E-state index in [0.29, 0.717) is 19.3 Å². The summed E-state index contributed by atoms with van der Waals surface area (Å²) in [4.78, 5) is 6.71. The van der Waals surface area contributed by atoms with Gasteiger partial charge in [-0.1, -0.05) is 35.9 Å². The summed E-state index contributed by atoms with van der Waals surface area (Å²) in [5.74, 6) is 1.71. The minimum atomic E-state index is 0.375. The lowest BCUT2D eigenvalue weighted by molar-refractivity contribution is 0.170. The highest BCUT2D eigenvalue weighted by Crippen LogP contribution is 2.39. The third kappa shape index (κ3) is 3.83. The van der Waals surface area contributed by atoms with E-state index in [-0.39, 0.29) is 0 Å². The second-order valence-electron chi connectivity index (χ2n) is 7.58. The quantitative estimate of drug-likeness (QED) is 0.572. The zero-order valence-corrected chi connectivity index (χ0v) is 16.9. The molecule has 0 amide bonds. The number of nitrogens with zero attached hydrogens (tertiary/aromatic N) is 2. The maximum absolute atomic E-state index is 6.66. The van der Waals surface area contributed by atoms with Crippen molar-refractivity contribution in [2.75, 3.05) is 19.8 Å². The first-order valence-electron chi connectivity index (χ1n) is 10.1. The number of benzene rings is 2. The maximum Gasteiger partial charge on any atom is 0.161 e. The number of pyridine rings is 1. The van der Waals surface area contributed by atoms with Gasteiger partial charge in [-0.15, -0.1) is 0 Å². The minimum Gasteiger partial charge on any atom is -0.486 e. The van der Waals surface area contributed by atoms with Gasteiger partial charge in [-0.2, -0.15) is 0 Å². The van der Waals surface area contributed by atoms with Gasteiger partial charge in [0, 0.05) is 35.6 Å². The topological polar surface area (TPSA) is 34.6 Å². The van der Waals surface area contributed by atoms with E-state index in [1.165, 1.54) is 12.0 Å². The Balaban J connectivity index is 1.36. The van der Waals surface area contributed by atoms with E-state index in [2.05, 4.69) is 40.2 Å². The lowest BCUT2D eigenvalue weighted by Crippen LogP contribution is -2.23. The maximum atomic E-state index is 6.66. The molecular formula is C24H23ClN2O2. The fraction of sp³-hybridized carbons (Fsp3) is 0.292. The third-order valence-corrected chi connectivity index (χ3v) is 6.09. The number of ether oxygens (including phenoxy) is 2. The minimum absolute atomic E-state index is 0.375. The molecule has 3 aromatic rings. The molecule has 4 nitrogen and oxygen atoms in total. The van der Waals surface area contributed by atoms with E-state index < -0.39 is 0 Å². The van der Waals surface area contributed by atoms with Gasteiger partial charge < -0.3 is 9.47 Å². The van der Waals surface area contributed by atoms with Crippen LogP contribution >= 0.6 is 11.6 Å². The van der Waals surface area contributed by atoms with E-state index in [1.54, 1.807) is 6.20 Å². The zero-order valence-electron chi connectivity index (χ0n) is 16.2. The monoisotopic (exact) mass is 406 g/mol. The predicted octanol–water partition coefficient (Wildman–Crippen LogP) is 5.51. The second-order valence-corrected chi connectivity index (χ2v) is 7.99. The first kappa shape index (κ1) is 18.5. The molecule has 2 aliphatic rings. The number of hydrogen-bond acceptors (Lipinski definition) is 4. The Hall–Kier alpha value is -2.56. The van der Waals surface area contributed by atoms with Crippen molar-refractivity contribution < 1.29 is 9.47 Å². The van der Waals surface area contributed by atoms with Gasteiger partial charge in [-0.3, -0.25) is 9.88 Å². The molecule has 1 fully saturated rings. The molecule has 1 atom stereocenters. The van der Waals surface area contributed by atoms with Crippen molar-refractivity contribution in [2.24, 2.45) is 0 Å². The van der Waals surface area contributed by atoms with Gasteiger partial charge in [0.15, 0.2) is 11.5 Å². The van der Waals surface area contributed by atoms with Crippen LogP contribution in [0, 0.1) is 0 Å². The van der Waals surface area contributed by atoms with Crippen LogP contribution in [0.2, 0.25) is 5.02 Å². The Bertz CT molecular complexity index is 1010. The van der Waals surface area contributed by atoms with Crippen LogP contribution in [0.25, 0.3) is 11.1 Å². The van der Waals surface area contributed by atoms with E-state index in [4.69, 9.17) is 21.1 Å². The van der Waals surface area contributed by atoms with Gasteiger partial charge in [0.25, 0.3) is 0 Å². The van der Waals surface area contributed by atoms with Crippen LogP contribution in [-0.4, -0.2) is 29.6 Å². The SMILES string of the molecule is Clc1cc(-c2cccnc2)ccc1CN1CCCC1c1ccc2c(c1)OCCO2. The van der Waals surface area contributed by atoms with Crippen LogP contribution in [0.15, 0.2) is 60.9 Å². The summed E-state index contributed by atoms with van der Waals surface area (Å²) in [5.41, 5.74) is 4.62. The van der Waals surface area contributed by atoms with Crippen molar-refractivity contribution in [1.29, 1.82) is 0 Å². The largest absolute Gasteiger partial charge is 0.486 e. The van der Waals surface area contributed by atoms with E-state index in [0.717, 1.165) is 52.7 Å². The molecule has 0 aliphatic carbocycles. The lowest BCUT2D eigenvalue weighted by atomic mass is 10.0. The van der Waals surface area contributed by atoms with Crippen molar-refractivity contribution in [1.82, 2.24) is 9.88 Å². The number of hydrogen-bond donors (Lipinski definition) is 0. The molecule has 0 radical (unpaired) electrons. The molecule has 1 aromatic heterocycles. The Labute approximate surface area is 176 Å². The Morgan fingerprint density at radius 3 is 2.72 bits per heavy atom. The van der Waals surface area contributed by atoms with E-state index in [1.807, 2.05) is 24.4 Å². The number of halogens is 1. The van der Waals surface area contributed by atoms with Crippen molar-refractivity contribution in [3.05, 3.63) is 77.1 Å². The molecule has 1 unspecified atom stereocenters. The van der Waals surface area contributed by atoms with E-state index >= 15 is 0 Å². The first-order valence-corrected chi connectivity index (χ1v) is 10.5. The second kappa shape index (κ2) is 8.05. The third-order valence-electron chi connectivity index (χ3n) is 5.74. The average Bonchev–Trinajstić information content (AvgIpc) is 3.23. The highest BCUT2D eigenvalue weighted by atomic mass is 35.5. The van der Waals surface area contributed by atoms with Gasteiger partial charge in [0.2, 0.25) is 0 Å². The molecule has 0 saturated carbocycles. The van der Waals surface area contributed by atoms with Crippen molar-refractivity contribution >= 4 is 11.6 Å². The van der Waals surface area contributed by atoms with Crippen molar-refractivity contribution in [2.45, 2.75) is 25.4 Å². The summed E-state index contributed by atoms with van der Waals surface area (Å²) >= 11 is 6.66. The first-order chi connectivity index (χ1) is 14.3. The number of fused-ring (bicyclic) bond motifs is 1. The number of likely N-dealkylation sites (tertiary alicyclic amines) is 1. The summed E-state index contributed by atoms with van der Waals surface area (Å²) in [6.07, 6.45) is 5.98. The van der Waals surface area contributed by atoms with Gasteiger partial charge in [-0.25, -0.2) is 0 Å². The molecule has 3 heterocycles. The lowest BCUT2D eigenvalue weighted by Gasteiger charge is -2.27. The summed E-state index contributed by atoms with van der Waals surface area (Å²) in [5, 5.41) is 0.805. The molecule has 5 rings (SSSR count). The molecular weight excluding hydrogens is 384 g/mol. The van der Waals surface area contributed by atoms with Crippen molar-refractivity contribution in [3.63, 3.8) is 0 Å². The van der Waals surface area contributed by atoms with Crippen LogP contribution in [0.4, 0.5) is 0 Å². The standard InChI is InChI=1S/C24H23ClN2O2/c25-21-13-17(19-3-1-9-26-15-19)5-6-20(21)16-27-10-2-4-22(27)18-7-8-23-24(14-18)29-12-11-28-23/h1,3,5-9,13-15,22H,2,4,10-12,16H2. The molecule has 2 aromatic carbocycles. The van der Waals surface area contributed by atoms with Crippen LogP contribution in [-0.2, 0) is 6.54 Å². The molecule has 29 heavy (non-hydrogen) atoms. The Kier molecular flexibility index (Phi) is 5.13. The number of aromatic nitrogens is 1. The van der Waals surface area contributed by atoms with Gasteiger partial charge in [-0.05, 0) is 60.3 Å². The molecule has 5 heteroatoms. The predicted molar refractivity (Wildman–Crippen MR) is 115 cm³/mol. The average molecular weight is 407 g/mol. The molecule has 0 spiro atoms. The summed E-state index contributed by atoms with van der Waals surface area (Å²) in [6.45, 7) is 3.14. The fourth-order valence-corrected chi connectivity index (χ4v) is 4.51. The summed E-state index contributed by atoms with van der Waals surface area (Å²) in [7, 11) is 0. The van der Waals surface area contributed by atoms with Gasteiger partial charge >= 0.3 is 0 Å². The molecule has 0 bridgehead atoms. The highest BCUT2D eigenvalue weighted by Gasteiger charge is 2.27. The smallest absolute Gasteiger partial charge is 0.161 e. The van der Waals surface area contributed by atoms with Crippen molar-refractivity contribution in [3.8, 4) is 22.6 Å². The van der Waals surface area contributed by atoms with Crippen LogP contribution in [0.3, 0.4) is 0 Å². The fourth-order valence-electron chi connectivity index (χ4n) is 4.27. The van der Waals surface area contributed by atoms with Crippen LogP contribution in [0.1, 0.15) is 30.0 Å². The normalized spacial score (nSPS) is 18.7. The molecule has 148 valence electrons. The van der Waals surface area contributed by atoms with E-state index in [9.17, 15) is 0 Å². The molecule has 0 N–H and O–H groups in total. The van der Waals surface area contributed by atoms with Gasteiger partial charge in [0.1, 0.15) is 13.2 Å². The molecule has 1 saturated heterocycles. The highest BCUT2D eigenvalue weighted by molar-refractivity contribution is 6.31.